The van der Waals surface area contributed by atoms with E-state index in [1.165, 1.54) is 41.9 Å². The molecule has 1 aliphatic rings. The van der Waals surface area contributed by atoms with Crippen molar-refractivity contribution in [1.29, 1.82) is 0 Å². The van der Waals surface area contributed by atoms with Gasteiger partial charge in [0.1, 0.15) is 5.60 Å². The molecule has 3 heteroatoms. The zero-order valence-electron chi connectivity index (χ0n) is 18.5. The topological polar surface area (TPSA) is 9.23 Å². The van der Waals surface area contributed by atoms with Crippen molar-refractivity contribution in [2.45, 2.75) is 72.7 Å². The summed E-state index contributed by atoms with van der Waals surface area (Å²) in [5.74, 6) is 0.594. The first-order valence-corrected chi connectivity index (χ1v) is 12.7. The van der Waals surface area contributed by atoms with E-state index in [0.29, 0.717) is 11.7 Å². The average Bonchev–Trinajstić information content (AvgIpc) is 2.83. The average molecular weight is 436 g/mol. The molecule has 1 unspecified atom stereocenters. The number of ether oxygens (including phenoxy) is 1. The first-order chi connectivity index (χ1) is 15.1. The SMILES string of the molecule is CCC(C)(Oc1cc([S+](c2ccccc2)c2ccccc2)ccc1F)C1CCCCC1. The standard InChI is InChI=1S/C28H32FOS/c1-3-28(2,22-13-7-4-8-14-22)30-27-21-25(19-20-26(27)29)31(23-15-9-5-10-16-23)24-17-11-6-12-18-24/h5-6,9-12,15-22H,3-4,7-8,13-14H2,1-2H3/q+1. The Morgan fingerprint density at radius 3 is 1.97 bits per heavy atom. The second-order valence-electron chi connectivity index (χ2n) is 8.63. The van der Waals surface area contributed by atoms with E-state index >= 15 is 0 Å². The summed E-state index contributed by atoms with van der Waals surface area (Å²) < 4.78 is 21.5. The maximum atomic E-state index is 14.9. The van der Waals surface area contributed by atoms with Gasteiger partial charge in [-0.15, -0.1) is 0 Å². The lowest BCUT2D eigenvalue weighted by Gasteiger charge is -2.39. The molecule has 0 spiro atoms. The number of hydrogen-bond acceptors (Lipinski definition) is 1. The third kappa shape index (κ3) is 4.98. The molecule has 0 saturated heterocycles. The Labute approximate surface area is 189 Å². The summed E-state index contributed by atoms with van der Waals surface area (Å²) in [4.78, 5) is 3.52. The minimum absolute atomic E-state index is 0.274. The lowest BCUT2D eigenvalue weighted by atomic mass is 9.76. The normalized spacial score (nSPS) is 16.8. The molecule has 0 N–H and O–H groups in total. The highest BCUT2D eigenvalue weighted by Crippen LogP contribution is 2.40. The van der Waals surface area contributed by atoms with Crippen molar-refractivity contribution in [3.05, 3.63) is 84.7 Å². The van der Waals surface area contributed by atoms with E-state index in [0.717, 1.165) is 11.3 Å². The first kappa shape index (κ1) is 22.0. The molecule has 1 aliphatic carbocycles. The summed E-state index contributed by atoms with van der Waals surface area (Å²) in [6.45, 7) is 4.33. The molecule has 31 heavy (non-hydrogen) atoms. The molecule has 1 fully saturated rings. The first-order valence-electron chi connectivity index (χ1n) is 11.4. The Morgan fingerprint density at radius 1 is 0.839 bits per heavy atom. The lowest BCUT2D eigenvalue weighted by molar-refractivity contribution is 0.00156. The Hall–Kier alpha value is -2.26. The molecular weight excluding hydrogens is 403 g/mol. The predicted octanol–water partition coefficient (Wildman–Crippen LogP) is 8.05. The van der Waals surface area contributed by atoms with E-state index in [9.17, 15) is 4.39 Å². The minimum atomic E-state index is -0.335. The lowest BCUT2D eigenvalue weighted by Crippen LogP contribution is -2.41. The summed E-state index contributed by atoms with van der Waals surface area (Å²) in [5.41, 5.74) is -0.335. The highest BCUT2D eigenvalue weighted by molar-refractivity contribution is 7.97. The van der Waals surface area contributed by atoms with Crippen molar-refractivity contribution in [3.8, 4) is 5.75 Å². The van der Waals surface area contributed by atoms with E-state index < -0.39 is 0 Å². The fraction of sp³-hybridized carbons (Fsp3) is 0.357. The summed E-state index contributed by atoms with van der Waals surface area (Å²) in [6, 6.07) is 26.4. The molecule has 0 bridgehead atoms. The summed E-state index contributed by atoms with van der Waals surface area (Å²) in [7, 11) is -0.315. The van der Waals surface area contributed by atoms with Gasteiger partial charge < -0.3 is 4.74 Å². The number of benzene rings is 3. The molecule has 3 aromatic carbocycles. The van der Waals surface area contributed by atoms with Crippen LogP contribution in [0.3, 0.4) is 0 Å². The molecule has 1 saturated carbocycles. The monoisotopic (exact) mass is 435 g/mol. The number of halogens is 1. The van der Waals surface area contributed by atoms with Crippen LogP contribution in [-0.4, -0.2) is 5.60 Å². The van der Waals surface area contributed by atoms with Crippen LogP contribution in [0.4, 0.5) is 4.39 Å². The van der Waals surface area contributed by atoms with Crippen LogP contribution in [-0.2, 0) is 10.9 Å². The summed E-state index contributed by atoms with van der Waals surface area (Å²) >= 11 is 0. The Bertz CT molecular complexity index is 929. The van der Waals surface area contributed by atoms with E-state index in [-0.39, 0.29) is 22.3 Å². The van der Waals surface area contributed by atoms with Crippen LogP contribution in [0.2, 0.25) is 0 Å². The molecule has 162 valence electrons. The highest BCUT2D eigenvalue weighted by Gasteiger charge is 2.37. The molecule has 0 radical (unpaired) electrons. The second kappa shape index (κ2) is 9.91. The Balaban J connectivity index is 1.71. The van der Waals surface area contributed by atoms with Crippen molar-refractivity contribution < 1.29 is 9.13 Å². The van der Waals surface area contributed by atoms with Gasteiger partial charge in [0.15, 0.2) is 26.3 Å². The van der Waals surface area contributed by atoms with Crippen molar-refractivity contribution in [2.75, 3.05) is 0 Å². The maximum Gasteiger partial charge on any atom is 0.170 e. The van der Waals surface area contributed by atoms with E-state index in [1.807, 2.05) is 24.3 Å². The maximum absolute atomic E-state index is 14.9. The molecule has 0 amide bonds. The summed E-state index contributed by atoms with van der Waals surface area (Å²) in [5, 5.41) is 0. The number of rotatable bonds is 7. The molecule has 0 aliphatic heterocycles. The van der Waals surface area contributed by atoms with E-state index in [2.05, 4.69) is 62.4 Å². The van der Waals surface area contributed by atoms with Gasteiger partial charge >= 0.3 is 0 Å². The van der Waals surface area contributed by atoms with Crippen LogP contribution in [0.25, 0.3) is 0 Å². The van der Waals surface area contributed by atoms with E-state index in [1.54, 1.807) is 6.07 Å². The van der Waals surface area contributed by atoms with Crippen LogP contribution in [0.15, 0.2) is 93.5 Å². The molecule has 1 atom stereocenters. The van der Waals surface area contributed by atoms with E-state index in [4.69, 9.17) is 4.74 Å². The second-order valence-corrected chi connectivity index (χ2v) is 10.7. The van der Waals surface area contributed by atoms with Crippen molar-refractivity contribution in [3.63, 3.8) is 0 Å². The van der Waals surface area contributed by atoms with Gasteiger partial charge in [0.25, 0.3) is 0 Å². The minimum Gasteiger partial charge on any atom is -0.484 e. The smallest absolute Gasteiger partial charge is 0.170 e. The van der Waals surface area contributed by atoms with Crippen molar-refractivity contribution in [1.82, 2.24) is 0 Å². The zero-order valence-corrected chi connectivity index (χ0v) is 19.3. The quantitative estimate of drug-likeness (QED) is 0.341. The van der Waals surface area contributed by atoms with Gasteiger partial charge in [-0.1, -0.05) is 62.6 Å². The van der Waals surface area contributed by atoms with Gasteiger partial charge in [0.2, 0.25) is 0 Å². The molecule has 4 rings (SSSR count). The Kier molecular flexibility index (Phi) is 7.02. The van der Waals surface area contributed by atoms with Gasteiger partial charge in [-0.25, -0.2) is 4.39 Å². The van der Waals surface area contributed by atoms with Crippen molar-refractivity contribution >= 4 is 10.9 Å². The van der Waals surface area contributed by atoms with Crippen LogP contribution in [0.5, 0.6) is 5.75 Å². The molecular formula is C28H32FOS+. The van der Waals surface area contributed by atoms with Gasteiger partial charge in [-0.05, 0) is 68.5 Å². The van der Waals surface area contributed by atoms with Gasteiger partial charge in [-0.3, -0.25) is 0 Å². The predicted molar refractivity (Wildman–Crippen MR) is 127 cm³/mol. The Morgan fingerprint density at radius 2 is 1.42 bits per heavy atom. The summed E-state index contributed by atoms with van der Waals surface area (Å²) in [6.07, 6.45) is 7.02. The van der Waals surface area contributed by atoms with Crippen LogP contribution in [0, 0.1) is 11.7 Å². The molecule has 3 aromatic rings. The zero-order chi connectivity index (χ0) is 21.7. The molecule has 1 nitrogen and oxygen atoms in total. The van der Waals surface area contributed by atoms with Crippen LogP contribution >= 0.6 is 0 Å². The fourth-order valence-corrected chi connectivity index (χ4v) is 6.72. The largest absolute Gasteiger partial charge is 0.484 e. The highest BCUT2D eigenvalue weighted by atomic mass is 32.2. The molecule has 0 heterocycles. The third-order valence-electron chi connectivity index (χ3n) is 6.61. The fourth-order valence-electron chi connectivity index (χ4n) is 4.62. The molecule has 0 aromatic heterocycles. The van der Waals surface area contributed by atoms with Gasteiger partial charge in [0, 0.05) is 6.07 Å². The van der Waals surface area contributed by atoms with Crippen LogP contribution < -0.4 is 4.74 Å². The number of hydrogen-bond donors (Lipinski definition) is 0. The van der Waals surface area contributed by atoms with Gasteiger partial charge in [-0.2, -0.15) is 0 Å². The van der Waals surface area contributed by atoms with Gasteiger partial charge in [0.05, 0.1) is 10.9 Å². The van der Waals surface area contributed by atoms with Crippen molar-refractivity contribution in [2.24, 2.45) is 5.92 Å². The third-order valence-corrected chi connectivity index (χ3v) is 8.82. The van der Waals surface area contributed by atoms with Crippen LogP contribution in [0.1, 0.15) is 52.4 Å².